The smallest absolute Gasteiger partial charge is 0.329 e. The lowest BCUT2D eigenvalue weighted by molar-refractivity contribution is -0.287. The highest BCUT2D eigenvalue weighted by molar-refractivity contribution is 6.39. The first-order valence-corrected chi connectivity index (χ1v) is 21.6. The molecule has 0 aromatic heterocycles. The third-order valence-corrected chi connectivity index (χ3v) is 13.3. The summed E-state index contributed by atoms with van der Waals surface area (Å²) in [6.07, 6.45) is 4.37. The number of allylic oxidation sites excluding steroid dienone is 3. The van der Waals surface area contributed by atoms with E-state index in [9.17, 15) is 49.5 Å². The molecule has 2 saturated heterocycles. The van der Waals surface area contributed by atoms with E-state index in [1.165, 1.54) is 27.2 Å². The molecule has 3 fully saturated rings. The van der Waals surface area contributed by atoms with Crippen molar-refractivity contribution in [1.29, 1.82) is 0 Å². The number of rotatable bonds is 8. The molecular weight excluding hydrogens is 778 g/mol. The summed E-state index contributed by atoms with van der Waals surface area (Å²) in [7, 11) is 2.98. The number of cyclic esters (lactones) is 1. The van der Waals surface area contributed by atoms with Gasteiger partial charge < -0.3 is 54.2 Å². The lowest BCUT2D eigenvalue weighted by Crippen LogP contribution is -2.63. The summed E-state index contributed by atoms with van der Waals surface area (Å²) in [6, 6.07) is -1.20. The first-order valence-electron chi connectivity index (χ1n) is 21.6. The molecule has 0 aromatic carbocycles. The topological polar surface area (TPSA) is 227 Å². The number of aliphatic hydroxyl groups is 4. The molecule has 4 rings (SSSR count). The van der Waals surface area contributed by atoms with Crippen molar-refractivity contribution in [1.82, 2.24) is 4.90 Å². The van der Waals surface area contributed by atoms with Crippen LogP contribution >= 0.6 is 0 Å². The minimum Gasteiger partial charge on any atom is -0.478 e. The molecule has 1 aliphatic carbocycles. The first-order chi connectivity index (χ1) is 28.3. The molecule has 3 heterocycles. The fourth-order valence-corrected chi connectivity index (χ4v) is 9.74. The van der Waals surface area contributed by atoms with E-state index in [1.54, 1.807) is 13.8 Å². The number of ketones is 1. The molecule has 5 N–H and O–H groups in total. The standard InChI is InChI=1S/C45H69NO14/c1-25-17-26(2)19-38(58-7)41-32(24-47)21-28(4)45(56,60-41)42(53)43(54)46-16-9-8-12-33(46)44(55)59-40(27(3)20-30-14-15-34(48)37(22-30)57-6)29(5)35(49)23-36(50)31(18-25)11-10-13-39(51)52/h10,13,18,20,24,26,28-38,40-41,48-50,56H,8-9,11-12,14-17,19,21-23H2,1-7H3,(H,51,52)/b13-10+,25-18+,27-20+/t26-,28+,29+,30-,31+,32+,33-,34+,35-,36?,37+,38-,40+,41-,45+/m0/s1. The molecular formula is C45H69NO14. The molecule has 60 heavy (non-hydrogen) atoms. The van der Waals surface area contributed by atoms with Crippen LogP contribution in [0.15, 0.2) is 35.5 Å². The lowest BCUT2D eigenvalue weighted by Gasteiger charge is -2.46. The number of carbonyl (C=O) groups is 5. The molecule has 2 bridgehead atoms. The fourth-order valence-electron chi connectivity index (χ4n) is 9.74. The molecule has 0 radical (unpaired) electrons. The molecule has 15 nitrogen and oxygen atoms in total. The molecule has 0 aromatic rings. The number of esters is 1. The van der Waals surface area contributed by atoms with Gasteiger partial charge in [-0.05, 0) is 95.5 Å². The van der Waals surface area contributed by atoms with E-state index < -0.39 is 102 Å². The molecule has 0 spiro atoms. The van der Waals surface area contributed by atoms with E-state index in [1.807, 2.05) is 26.0 Å². The Bertz CT molecular complexity index is 1590. The number of aliphatic hydroxyl groups excluding tert-OH is 3. The Kier molecular flexibility index (Phi) is 18.2. The molecule has 1 unspecified atom stereocenters. The highest BCUT2D eigenvalue weighted by Crippen LogP contribution is 2.40. The Morgan fingerprint density at radius 2 is 1.65 bits per heavy atom. The Morgan fingerprint density at radius 3 is 2.30 bits per heavy atom. The van der Waals surface area contributed by atoms with Gasteiger partial charge in [0, 0.05) is 56.9 Å². The first kappa shape index (κ1) is 49.3. The zero-order valence-electron chi connectivity index (χ0n) is 36.3. The third kappa shape index (κ3) is 12.2. The van der Waals surface area contributed by atoms with Gasteiger partial charge in [0.15, 0.2) is 0 Å². The zero-order valence-corrected chi connectivity index (χ0v) is 36.3. The van der Waals surface area contributed by atoms with Gasteiger partial charge in [0.25, 0.3) is 11.7 Å². The van der Waals surface area contributed by atoms with Crippen molar-refractivity contribution in [3.63, 3.8) is 0 Å². The maximum Gasteiger partial charge on any atom is 0.329 e. The number of aldehydes is 1. The summed E-state index contributed by atoms with van der Waals surface area (Å²) in [5.41, 5.74) is 1.46. The molecule has 338 valence electrons. The van der Waals surface area contributed by atoms with Gasteiger partial charge in [-0.15, -0.1) is 0 Å². The Balaban J connectivity index is 1.80. The van der Waals surface area contributed by atoms with E-state index >= 15 is 0 Å². The summed E-state index contributed by atoms with van der Waals surface area (Å²) in [5.74, 6) is -10.2. The Hall–Kier alpha value is -3.31. The molecule has 1 amide bonds. The number of amides is 1. The second-order valence-corrected chi connectivity index (χ2v) is 17.9. The predicted octanol–water partition coefficient (Wildman–Crippen LogP) is 3.69. The van der Waals surface area contributed by atoms with Crippen LogP contribution in [0, 0.1) is 35.5 Å². The lowest BCUT2D eigenvalue weighted by atomic mass is 9.78. The van der Waals surface area contributed by atoms with Crippen LogP contribution in [0.5, 0.6) is 0 Å². The van der Waals surface area contributed by atoms with Crippen LogP contribution < -0.4 is 0 Å². The van der Waals surface area contributed by atoms with Crippen LogP contribution in [0.1, 0.15) is 105 Å². The summed E-state index contributed by atoms with van der Waals surface area (Å²) < 4.78 is 23.7. The van der Waals surface area contributed by atoms with Crippen molar-refractivity contribution < 1.29 is 68.5 Å². The van der Waals surface area contributed by atoms with Gasteiger partial charge in [-0.2, -0.15) is 0 Å². The Morgan fingerprint density at radius 1 is 0.950 bits per heavy atom. The monoisotopic (exact) mass is 847 g/mol. The number of Topliss-reactive ketones (excluding diaryl/α,β-unsaturated/α-hetero) is 1. The van der Waals surface area contributed by atoms with E-state index in [0.29, 0.717) is 56.8 Å². The molecule has 15 atom stereocenters. The third-order valence-electron chi connectivity index (χ3n) is 13.3. The maximum absolute atomic E-state index is 14.3. The van der Waals surface area contributed by atoms with Crippen molar-refractivity contribution in [2.45, 2.75) is 160 Å². The number of carboxylic acids is 1. The van der Waals surface area contributed by atoms with Crippen molar-refractivity contribution in [3.8, 4) is 0 Å². The molecule has 3 aliphatic heterocycles. The number of carboxylic acid groups (broad SMARTS) is 1. The largest absolute Gasteiger partial charge is 0.478 e. The Labute approximate surface area is 354 Å². The highest BCUT2D eigenvalue weighted by Gasteiger charge is 2.56. The van der Waals surface area contributed by atoms with Crippen LogP contribution in [-0.4, -0.2) is 136 Å². The predicted molar refractivity (Wildman–Crippen MR) is 219 cm³/mol. The molecule has 1 saturated carbocycles. The minimum absolute atomic E-state index is 0.0319. The fraction of sp³-hybridized carbons (Fsp3) is 0.756. The summed E-state index contributed by atoms with van der Waals surface area (Å²) in [5, 5.41) is 55.2. The average Bonchev–Trinajstić information content (AvgIpc) is 3.21. The van der Waals surface area contributed by atoms with Gasteiger partial charge in [-0.3, -0.25) is 9.59 Å². The molecule has 15 heteroatoms. The second kappa shape index (κ2) is 22.2. The number of fused-ring (bicyclic) bond motifs is 3. The van der Waals surface area contributed by atoms with Crippen LogP contribution in [-0.2, 0) is 42.9 Å². The summed E-state index contributed by atoms with van der Waals surface area (Å²) in [4.78, 5) is 67.7. The van der Waals surface area contributed by atoms with Crippen molar-refractivity contribution in [3.05, 3.63) is 35.5 Å². The van der Waals surface area contributed by atoms with Gasteiger partial charge in [-0.1, -0.05) is 44.6 Å². The SMILES string of the molecule is CO[C@H]1C[C@@H](C)C/C(C)=C/[C@@H](C/C=C/C(=O)O)C(O)C[C@H](O)[C@@H](C)[C@@H](/C(C)=C/[C@@H]2CC[C@@H](O)[C@H](OC)C2)OC(=O)[C@@H]2CCCCN2C(=O)C(=O)[C@]2(O)O[C@H]1[C@@H](C=O)C[C@H]2C. The number of nitrogens with zero attached hydrogens (tertiary/aromatic N) is 1. The van der Waals surface area contributed by atoms with Crippen molar-refractivity contribution in [2.24, 2.45) is 35.5 Å². The van der Waals surface area contributed by atoms with Gasteiger partial charge >= 0.3 is 11.9 Å². The van der Waals surface area contributed by atoms with Gasteiger partial charge in [0.2, 0.25) is 5.79 Å². The highest BCUT2D eigenvalue weighted by atomic mass is 16.7. The maximum atomic E-state index is 14.3. The van der Waals surface area contributed by atoms with Gasteiger partial charge in [0.05, 0.1) is 36.6 Å². The minimum atomic E-state index is -2.62. The summed E-state index contributed by atoms with van der Waals surface area (Å²) >= 11 is 0. The average molecular weight is 848 g/mol. The van der Waals surface area contributed by atoms with Crippen LogP contribution in [0.3, 0.4) is 0 Å². The van der Waals surface area contributed by atoms with Gasteiger partial charge in [0.1, 0.15) is 18.4 Å². The number of carbonyl (C=O) groups excluding carboxylic acids is 4. The number of aliphatic carboxylic acids is 1. The van der Waals surface area contributed by atoms with Crippen LogP contribution in [0.25, 0.3) is 0 Å². The van der Waals surface area contributed by atoms with E-state index in [2.05, 4.69) is 0 Å². The van der Waals surface area contributed by atoms with E-state index in [0.717, 1.165) is 16.5 Å². The zero-order chi connectivity index (χ0) is 44.5. The quantitative estimate of drug-likeness (QED) is 0.0773. The van der Waals surface area contributed by atoms with Crippen molar-refractivity contribution >= 4 is 29.9 Å². The molecule has 4 aliphatic rings. The normalized spacial score (nSPS) is 40.8. The van der Waals surface area contributed by atoms with Crippen LogP contribution in [0.4, 0.5) is 0 Å². The number of hydrogen-bond donors (Lipinski definition) is 5. The number of ether oxygens (including phenoxy) is 4. The van der Waals surface area contributed by atoms with E-state index in [4.69, 9.17) is 18.9 Å². The van der Waals surface area contributed by atoms with Crippen molar-refractivity contribution in [2.75, 3.05) is 20.8 Å². The summed E-state index contributed by atoms with van der Waals surface area (Å²) in [6.45, 7) is 8.87. The number of methoxy groups -OCH3 is 2. The van der Waals surface area contributed by atoms with E-state index in [-0.39, 0.29) is 44.1 Å². The van der Waals surface area contributed by atoms with Crippen LogP contribution in [0.2, 0.25) is 0 Å². The number of piperidine rings is 1. The van der Waals surface area contributed by atoms with Gasteiger partial charge in [-0.25, -0.2) is 9.59 Å². The second-order valence-electron chi connectivity index (χ2n) is 17.9. The number of hydrogen-bond acceptors (Lipinski definition) is 13.